The van der Waals surface area contributed by atoms with Gasteiger partial charge in [0.25, 0.3) is 5.56 Å². The number of halogens is 1. The van der Waals surface area contributed by atoms with Gasteiger partial charge in [0.1, 0.15) is 21.3 Å². The molecule has 0 fully saturated rings. The molecule has 0 aliphatic heterocycles. The molecule has 0 bridgehead atoms. The molecule has 0 saturated carbocycles. The van der Waals surface area contributed by atoms with E-state index in [9.17, 15) is 14.0 Å². The molecule has 1 aromatic carbocycles. The van der Waals surface area contributed by atoms with Gasteiger partial charge in [-0.05, 0) is 37.6 Å². The number of aromatic nitrogens is 2. The number of hydrogen-bond acceptors (Lipinski definition) is 5. The highest BCUT2D eigenvalue weighted by Gasteiger charge is 2.19. The summed E-state index contributed by atoms with van der Waals surface area (Å²) in [6.45, 7) is 3.67. The number of fused-ring (bicyclic) bond motifs is 1. The molecule has 1 N–H and O–H groups in total. The first-order valence-corrected chi connectivity index (χ1v) is 8.46. The molecular formula is C18H15FN2O3S. The minimum atomic E-state index is -0.467. The van der Waals surface area contributed by atoms with Crippen LogP contribution in [0.25, 0.3) is 22.4 Å². The maximum atomic E-state index is 13.6. The molecule has 0 spiro atoms. The Morgan fingerprint density at radius 1 is 1.36 bits per heavy atom. The monoisotopic (exact) mass is 358 g/mol. The van der Waals surface area contributed by atoms with Gasteiger partial charge in [0.2, 0.25) is 0 Å². The van der Waals surface area contributed by atoms with Crippen LogP contribution in [-0.2, 0) is 4.74 Å². The second kappa shape index (κ2) is 6.98. The van der Waals surface area contributed by atoms with Crippen molar-refractivity contribution in [1.82, 2.24) is 9.97 Å². The van der Waals surface area contributed by atoms with Crippen molar-refractivity contribution in [2.45, 2.75) is 13.8 Å². The molecular weight excluding hydrogens is 343 g/mol. The maximum Gasteiger partial charge on any atom is 0.348 e. The molecule has 2 aromatic heterocycles. The molecule has 0 unspecified atom stereocenters. The van der Waals surface area contributed by atoms with Gasteiger partial charge < -0.3 is 9.72 Å². The Balaban J connectivity index is 2.03. The van der Waals surface area contributed by atoms with Gasteiger partial charge in [0, 0.05) is 5.56 Å². The third-order valence-electron chi connectivity index (χ3n) is 3.61. The van der Waals surface area contributed by atoms with Crippen molar-refractivity contribution < 1.29 is 13.9 Å². The minimum absolute atomic E-state index is 0.257. The van der Waals surface area contributed by atoms with Crippen LogP contribution in [0.1, 0.15) is 33.5 Å². The number of H-pyrrole nitrogens is 1. The van der Waals surface area contributed by atoms with Crippen LogP contribution < -0.4 is 5.56 Å². The highest BCUT2D eigenvalue weighted by atomic mass is 32.1. The number of nitrogens with zero attached hydrogens (tertiary/aromatic N) is 1. The van der Waals surface area contributed by atoms with Crippen molar-refractivity contribution in [3.63, 3.8) is 0 Å². The van der Waals surface area contributed by atoms with Gasteiger partial charge in [-0.1, -0.05) is 18.2 Å². The van der Waals surface area contributed by atoms with E-state index < -0.39 is 5.97 Å². The van der Waals surface area contributed by atoms with Crippen LogP contribution in [0.4, 0.5) is 4.39 Å². The lowest BCUT2D eigenvalue weighted by atomic mass is 10.2. The average Bonchev–Trinajstić information content (AvgIpc) is 2.92. The molecule has 0 amide bonds. The minimum Gasteiger partial charge on any atom is -0.462 e. The number of benzene rings is 1. The van der Waals surface area contributed by atoms with Crippen molar-refractivity contribution >= 4 is 39.7 Å². The third kappa shape index (κ3) is 3.36. The molecule has 0 aliphatic carbocycles. The molecule has 0 atom stereocenters. The molecule has 3 rings (SSSR count). The number of hydrogen-bond donors (Lipinski definition) is 1. The Morgan fingerprint density at radius 2 is 2.12 bits per heavy atom. The molecule has 0 aliphatic rings. The Bertz CT molecular complexity index is 1040. The Morgan fingerprint density at radius 3 is 2.84 bits per heavy atom. The summed E-state index contributed by atoms with van der Waals surface area (Å²) in [5.74, 6) is -0.540. The number of carbonyl (C=O) groups is 1. The Kier molecular flexibility index (Phi) is 4.76. The van der Waals surface area contributed by atoms with E-state index in [0.717, 1.165) is 11.3 Å². The van der Waals surface area contributed by atoms with Crippen molar-refractivity contribution in [3.8, 4) is 0 Å². The van der Waals surface area contributed by atoms with Gasteiger partial charge in [0.05, 0.1) is 12.0 Å². The van der Waals surface area contributed by atoms with Gasteiger partial charge in [-0.3, -0.25) is 4.79 Å². The number of aryl methyl sites for hydroxylation is 1. The molecule has 0 radical (unpaired) electrons. The maximum absolute atomic E-state index is 13.6. The summed E-state index contributed by atoms with van der Waals surface area (Å²) < 4.78 is 18.7. The summed E-state index contributed by atoms with van der Waals surface area (Å²) in [7, 11) is 0. The quantitative estimate of drug-likeness (QED) is 0.721. The largest absolute Gasteiger partial charge is 0.462 e. The first-order valence-electron chi connectivity index (χ1n) is 7.64. The van der Waals surface area contributed by atoms with E-state index in [1.165, 1.54) is 18.2 Å². The predicted octanol–water partition coefficient (Wildman–Crippen LogP) is 3.78. The number of carbonyl (C=O) groups excluding carboxylic acids is 1. The zero-order valence-electron chi connectivity index (χ0n) is 13.6. The molecule has 2 heterocycles. The van der Waals surface area contributed by atoms with E-state index in [1.807, 2.05) is 0 Å². The number of thiophene rings is 1. The van der Waals surface area contributed by atoms with Crippen LogP contribution in [0.15, 0.2) is 29.1 Å². The fourth-order valence-corrected chi connectivity index (χ4v) is 3.49. The Labute approximate surface area is 146 Å². The van der Waals surface area contributed by atoms with E-state index in [1.54, 1.807) is 32.0 Å². The second-order valence-electron chi connectivity index (χ2n) is 5.26. The van der Waals surface area contributed by atoms with Crippen LogP contribution in [0, 0.1) is 12.7 Å². The number of rotatable bonds is 4. The van der Waals surface area contributed by atoms with E-state index in [0.29, 0.717) is 26.2 Å². The van der Waals surface area contributed by atoms with Crippen molar-refractivity contribution in [3.05, 3.63) is 62.3 Å². The molecule has 25 heavy (non-hydrogen) atoms. The predicted molar refractivity (Wildman–Crippen MR) is 96.3 cm³/mol. The third-order valence-corrected chi connectivity index (χ3v) is 4.77. The first kappa shape index (κ1) is 17.0. The number of esters is 1. The molecule has 128 valence electrons. The Hall–Kier alpha value is -2.80. The molecule has 0 saturated heterocycles. The normalized spacial score (nSPS) is 11.3. The molecule has 5 nitrogen and oxygen atoms in total. The number of nitrogens with one attached hydrogen (secondary N) is 1. The zero-order valence-corrected chi connectivity index (χ0v) is 14.4. The van der Waals surface area contributed by atoms with E-state index in [4.69, 9.17) is 4.74 Å². The first-order chi connectivity index (χ1) is 12.0. The van der Waals surface area contributed by atoms with Crippen molar-refractivity contribution in [2.24, 2.45) is 0 Å². The van der Waals surface area contributed by atoms with Crippen LogP contribution in [0.3, 0.4) is 0 Å². The lowest BCUT2D eigenvalue weighted by Crippen LogP contribution is -2.10. The highest BCUT2D eigenvalue weighted by molar-refractivity contribution is 7.20. The van der Waals surface area contributed by atoms with Crippen LogP contribution in [0.2, 0.25) is 0 Å². The van der Waals surface area contributed by atoms with Crippen LogP contribution >= 0.6 is 11.3 Å². The summed E-state index contributed by atoms with van der Waals surface area (Å²) in [6, 6.07) is 6.30. The van der Waals surface area contributed by atoms with Crippen molar-refractivity contribution in [2.75, 3.05) is 6.61 Å². The lowest BCUT2D eigenvalue weighted by Gasteiger charge is -1.98. The zero-order chi connectivity index (χ0) is 18.0. The lowest BCUT2D eigenvalue weighted by molar-refractivity contribution is 0.0531. The van der Waals surface area contributed by atoms with E-state index in [2.05, 4.69) is 9.97 Å². The summed E-state index contributed by atoms with van der Waals surface area (Å²) >= 11 is 1.11. The SMILES string of the molecule is CCOC(=O)c1sc2nc(/C=C/c3ccccc3F)[nH]c(=O)c2c1C. The second-order valence-corrected chi connectivity index (χ2v) is 6.26. The van der Waals surface area contributed by atoms with Crippen LogP contribution in [-0.4, -0.2) is 22.5 Å². The van der Waals surface area contributed by atoms with Gasteiger partial charge in [-0.2, -0.15) is 0 Å². The highest BCUT2D eigenvalue weighted by Crippen LogP contribution is 2.27. The van der Waals surface area contributed by atoms with E-state index >= 15 is 0 Å². The van der Waals surface area contributed by atoms with Crippen LogP contribution in [0.5, 0.6) is 0 Å². The van der Waals surface area contributed by atoms with Gasteiger partial charge in [-0.15, -0.1) is 11.3 Å². The van der Waals surface area contributed by atoms with Gasteiger partial charge >= 0.3 is 5.97 Å². The molecule has 7 heteroatoms. The summed E-state index contributed by atoms with van der Waals surface area (Å²) in [5, 5.41) is 0.371. The molecule has 3 aromatic rings. The smallest absolute Gasteiger partial charge is 0.348 e. The average molecular weight is 358 g/mol. The summed E-state index contributed by atoms with van der Waals surface area (Å²) in [5.41, 5.74) is 0.596. The summed E-state index contributed by atoms with van der Waals surface area (Å²) in [4.78, 5) is 32.1. The van der Waals surface area contributed by atoms with Gasteiger partial charge in [0.15, 0.2) is 0 Å². The fraction of sp³-hybridized carbons (Fsp3) is 0.167. The fourth-order valence-electron chi connectivity index (χ4n) is 2.41. The summed E-state index contributed by atoms with van der Waals surface area (Å²) in [6.07, 6.45) is 3.06. The topological polar surface area (TPSA) is 72.0 Å². The van der Waals surface area contributed by atoms with Crippen molar-refractivity contribution in [1.29, 1.82) is 0 Å². The standard InChI is InChI=1S/C18H15FN2O3S/c1-3-24-18(23)15-10(2)14-16(22)20-13(21-17(14)25-15)9-8-11-6-4-5-7-12(11)19/h4-9H,3H2,1-2H3,(H,20,21,22)/b9-8+. The number of aromatic amines is 1. The van der Waals surface area contributed by atoms with Gasteiger partial charge in [-0.25, -0.2) is 14.2 Å². The van der Waals surface area contributed by atoms with E-state index in [-0.39, 0.29) is 23.8 Å². The number of ether oxygens (including phenoxy) is 1.